The van der Waals surface area contributed by atoms with Gasteiger partial charge in [-0.2, -0.15) is 0 Å². The Hall–Kier alpha value is -2.36. The van der Waals surface area contributed by atoms with E-state index in [4.69, 9.17) is 23.2 Å². The Bertz CT molecular complexity index is 969. The normalized spacial score (nSPS) is 13.7. The van der Waals surface area contributed by atoms with Crippen molar-refractivity contribution in [2.24, 2.45) is 0 Å². The molecule has 0 radical (unpaired) electrons. The van der Waals surface area contributed by atoms with Crippen molar-refractivity contribution in [1.29, 1.82) is 0 Å². The summed E-state index contributed by atoms with van der Waals surface area (Å²) in [5, 5.41) is 2.07. The summed E-state index contributed by atoms with van der Waals surface area (Å²) in [5.41, 5.74) is 2.02. The van der Waals surface area contributed by atoms with Gasteiger partial charge in [-0.3, -0.25) is 9.59 Å². The zero-order chi connectivity index (χ0) is 17.0. The Morgan fingerprint density at radius 3 is 1.83 bits per heavy atom. The minimum Gasteiger partial charge on any atom is -0.268 e. The van der Waals surface area contributed by atoms with E-state index in [9.17, 15) is 9.59 Å². The molecule has 24 heavy (non-hydrogen) atoms. The average Bonchev–Trinajstić information content (AvgIpc) is 2.54. The van der Waals surface area contributed by atoms with Gasteiger partial charge in [-0.25, -0.2) is 4.90 Å². The van der Waals surface area contributed by atoms with Gasteiger partial charge in [0, 0.05) is 16.5 Å². The Morgan fingerprint density at radius 1 is 0.833 bits per heavy atom. The van der Waals surface area contributed by atoms with Crippen LogP contribution in [-0.2, 0) is 0 Å². The van der Waals surface area contributed by atoms with E-state index in [1.54, 1.807) is 36.4 Å². The molecule has 0 saturated heterocycles. The average molecular weight is 356 g/mol. The first-order chi connectivity index (χ1) is 11.5. The molecule has 4 rings (SSSR count). The summed E-state index contributed by atoms with van der Waals surface area (Å²) < 4.78 is 0. The van der Waals surface area contributed by atoms with E-state index in [1.165, 1.54) is 0 Å². The molecule has 3 nitrogen and oxygen atoms in total. The number of imide groups is 1. The summed E-state index contributed by atoms with van der Waals surface area (Å²) in [6.07, 6.45) is 0. The number of anilines is 1. The van der Waals surface area contributed by atoms with Crippen LogP contribution in [0.5, 0.6) is 0 Å². The number of amides is 2. The Morgan fingerprint density at radius 2 is 1.33 bits per heavy atom. The third-order valence-electron chi connectivity index (χ3n) is 4.16. The first kappa shape index (κ1) is 15.2. The summed E-state index contributed by atoms with van der Waals surface area (Å²) in [6.45, 7) is 1.84. The summed E-state index contributed by atoms with van der Waals surface area (Å²) in [5.74, 6) is -0.839. The van der Waals surface area contributed by atoms with E-state index < -0.39 is 11.8 Å². The van der Waals surface area contributed by atoms with Gasteiger partial charge in [0.05, 0.1) is 15.7 Å². The lowest BCUT2D eigenvalue weighted by Crippen LogP contribution is -2.40. The number of benzene rings is 3. The van der Waals surface area contributed by atoms with Crippen LogP contribution < -0.4 is 4.90 Å². The minimum atomic E-state index is -0.419. The second-order valence-electron chi connectivity index (χ2n) is 5.73. The van der Waals surface area contributed by atoms with Gasteiger partial charge in [0.2, 0.25) is 0 Å². The number of carbonyl (C=O) groups excluding carboxylic acids is 2. The maximum Gasteiger partial charge on any atom is 0.266 e. The quantitative estimate of drug-likeness (QED) is 0.558. The molecular formula is C19H11Cl2NO2. The number of hydrogen-bond donors (Lipinski definition) is 0. The highest BCUT2D eigenvalue weighted by atomic mass is 35.5. The molecule has 0 aliphatic carbocycles. The molecule has 0 saturated carbocycles. The van der Waals surface area contributed by atoms with E-state index in [-0.39, 0.29) is 15.7 Å². The second-order valence-corrected chi connectivity index (χ2v) is 6.55. The van der Waals surface area contributed by atoms with Crippen molar-refractivity contribution in [2.75, 3.05) is 4.90 Å². The molecule has 0 spiro atoms. The number of aryl methyl sites for hydroxylation is 1. The third-order valence-corrected chi connectivity index (χ3v) is 4.73. The van der Waals surface area contributed by atoms with Gasteiger partial charge in [0.25, 0.3) is 11.8 Å². The maximum absolute atomic E-state index is 13.0. The van der Waals surface area contributed by atoms with Gasteiger partial charge in [0.15, 0.2) is 0 Å². The SMILES string of the molecule is Cc1cc(Cl)c(N2C(=O)c3cccc4cccc(c34)C2=O)c(Cl)c1. The summed E-state index contributed by atoms with van der Waals surface area (Å²) >= 11 is 12.6. The lowest BCUT2D eigenvalue weighted by molar-refractivity contribution is 0.0893. The molecule has 1 aliphatic rings. The highest BCUT2D eigenvalue weighted by Gasteiger charge is 2.36. The van der Waals surface area contributed by atoms with E-state index in [0.717, 1.165) is 15.8 Å². The van der Waals surface area contributed by atoms with Gasteiger partial charge < -0.3 is 0 Å². The number of carbonyl (C=O) groups is 2. The largest absolute Gasteiger partial charge is 0.268 e. The van der Waals surface area contributed by atoms with Crippen LogP contribution in [-0.4, -0.2) is 11.8 Å². The molecule has 0 atom stereocenters. The van der Waals surface area contributed by atoms with E-state index in [1.807, 2.05) is 19.1 Å². The summed E-state index contributed by atoms with van der Waals surface area (Å²) in [6, 6.07) is 14.1. The minimum absolute atomic E-state index is 0.227. The predicted molar refractivity (Wildman–Crippen MR) is 96.3 cm³/mol. The molecule has 0 unspecified atom stereocenters. The number of hydrogen-bond acceptors (Lipinski definition) is 2. The fourth-order valence-corrected chi connectivity index (χ4v) is 3.90. The fraction of sp³-hybridized carbons (Fsp3) is 0.0526. The van der Waals surface area contributed by atoms with Crippen LogP contribution in [0.3, 0.4) is 0 Å². The molecule has 3 aromatic rings. The van der Waals surface area contributed by atoms with Gasteiger partial charge in [-0.15, -0.1) is 0 Å². The molecule has 1 aliphatic heterocycles. The first-order valence-corrected chi connectivity index (χ1v) is 8.11. The number of halogens is 2. The van der Waals surface area contributed by atoms with Crippen LogP contribution in [0.4, 0.5) is 5.69 Å². The molecule has 0 aromatic heterocycles. The molecule has 3 aromatic carbocycles. The van der Waals surface area contributed by atoms with E-state index in [0.29, 0.717) is 16.5 Å². The van der Waals surface area contributed by atoms with Crippen LogP contribution in [0.2, 0.25) is 10.0 Å². The molecular weight excluding hydrogens is 345 g/mol. The zero-order valence-corrected chi connectivity index (χ0v) is 14.2. The lowest BCUT2D eigenvalue weighted by atomic mass is 9.93. The van der Waals surface area contributed by atoms with Crippen molar-refractivity contribution in [3.8, 4) is 0 Å². The van der Waals surface area contributed by atoms with Crippen LogP contribution in [0.1, 0.15) is 26.3 Å². The Kier molecular flexibility index (Phi) is 3.37. The van der Waals surface area contributed by atoms with Crippen molar-refractivity contribution in [1.82, 2.24) is 0 Å². The topological polar surface area (TPSA) is 37.4 Å². The molecule has 5 heteroatoms. The summed E-state index contributed by atoms with van der Waals surface area (Å²) in [7, 11) is 0. The maximum atomic E-state index is 13.0. The first-order valence-electron chi connectivity index (χ1n) is 7.35. The molecule has 0 N–H and O–H groups in total. The van der Waals surface area contributed by atoms with Gasteiger partial charge in [-0.05, 0) is 42.1 Å². The second kappa shape index (κ2) is 5.33. The van der Waals surface area contributed by atoms with Crippen molar-refractivity contribution >= 4 is 51.5 Å². The Labute approximate surface area is 148 Å². The van der Waals surface area contributed by atoms with Crippen molar-refractivity contribution in [3.05, 3.63) is 75.3 Å². The molecule has 0 fully saturated rings. The lowest BCUT2D eigenvalue weighted by Gasteiger charge is -2.28. The smallest absolute Gasteiger partial charge is 0.266 e. The predicted octanol–water partition coefficient (Wildman–Crippen LogP) is 5.26. The highest BCUT2D eigenvalue weighted by Crippen LogP contribution is 2.40. The highest BCUT2D eigenvalue weighted by molar-refractivity contribution is 6.44. The van der Waals surface area contributed by atoms with Crippen molar-refractivity contribution in [3.63, 3.8) is 0 Å². The third kappa shape index (κ3) is 2.05. The fourth-order valence-electron chi connectivity index (χ4n) is 3.14. The van der Waals surface area contributed by atoms with Crippen LogP contribution in [0.25, 0.3) is 10.8 Å². The molecule has 1 heterocycles. The summed E-state index contributed by atoms with van der Waals surface area (Å²) in [4.78, 5) is 27.1. The van der Waals surface area contributed by atoms with E-state index >= 15 is 0 Å². The van der Waals surface area contributed by atoms with Crippen molar-refractivity contribution < 1.29 is 9.59 Å². The molecule has 2 amide bonds. The van der Waals surface area contributed by atoms with Gasteiger partial charge in [-0.1, -0.05) is 47.5 Å². The van der Waals surface area contributed by atoms with Gasteiger partial charge in [0.1, 0.15) is 0 Å². The van der Waals surface area contributed by atoms with Crippen molar-refractivity contribution in [2.45, 2.75) is 6.92 Å². The van der Waals surface area contributed by atoms with Crippen LogP contribution in [0.15, 0.2) is 48.5 Å². The van der Waals surface area contributed by atoms with E-state index in [2.05, 4.69) is 0 Å². The Balaban J connectivity index is 2.02. The van der Waals surface area contributed by atoms with Crippen LogP contribution in [0, 0.1) is 6.92 Å². The van der Waals surface area contributed by atoms with Crippen LogP contribution >= 0.6 is 23.2 Å². The molecule has 0 bridgehead atoms. The number of nitrogens with zero attached hydrogens (tertiary/aromatic N) is 1. The standard InChI is InChI=1S/C19H11Cl2NO2/c1-10-8-14(20)17(15(21)9-10)22-18(23)12-6-2-4-11-5-3-7-13(16(11)12)19(22)24/h2-9H,1H3. The van der Waals surface area contributed by atoms with Gasteiger partial charge >= 0.3 is 0 Å². The zero-order valence-electron chi connectivity index (χ0n) is 12.6. The monoisotopic (exact) mass is 355 g/mol. The molecule has 118 valence electrons. The number of rotatable bonds is 1.